The molecule has 33 heavy (non-hydrogen) atoms. The average molecular weight is 438 g/mol. The second-order valence-corrected chi connectivity index (χ2v) is 7.86. The number of fused-ring (bicyclic) bond motifs is 2. The van der Waals surface area contributed by atoms with Crippen molar-refractivity contribution >= 4 is 33.4 Å². The van der Waals surface area contributed by atoms with Crippen LogP contribution in [0.3, 0.4) is 0 Å². The van der Waals surface area contributed by atoms with Gasteiger partial charge in [-0.1, -0.05) is 18.2 Å². The van der Waals surface area contributed by atoms with Gasteiger partial charge in [0.15, 0.2) is 0 Å². The Morgan fingerprint density at radius 2 is 1.82 bits per heavy atom. The lowest BCUT2D eigenvalue weighted by Crippen LogP contribution is -2.13. The zero-order valence-corrected chi connectivity index (χ0v) is 18.2. The van der Waals surface area contributed by atoms with Gasteiger partial charge in [0.1, 0.15) is 23.5 Å². The molecule has 5 aromatic rings. The Morgan fingerprint density at radius 1 is 0.939 bits per heavy atom. The monoisotopic (exact) mass is 438 g/mol. The number of aromatic nitrogens is 3. The summed E-state index contributed by atoms with van der Waals surface area (Å²) in [4.78, 5) is 24.5. The molecule has 0 aliphatic carbocycles. The van der Waals surface area contributed by atoms with Crippen molar-refractivity contribution in [3.05, 3.63) is 84.8 Å². The topological polar surface area (TPSA) is 89.1 Å². The molecule has 164 valence electrons. The minimum Gasteiger partial charge on any atom is -0.491 e. The smallest absolute Gasteiger partial charge is 0.256 e. The highest BCUT2D eigenvalue weighted by Crippen LogP contribution is 2.30. The van der Waals surface area contributed by atoms with E-state index >= 15 is 0 Å². The molecule has 0 aliphatic rings. The fourth-order valence-electron chi connectivity index (χ4n) is 3.68. The summed E-state index contributed by atoms with van der Waals surface area (Å²) in [6.07, 6.45) is 3.31. The van der Waals surface area contributed by atoms with Crippen molar-refractivity contribution < 1.29 is 14.3 Å². The van der Waals surface area contributed by atoms with Crippen LogP contribution in [0, 0.1) is 0 Å². The van der Waals surface area contributed by atoms with E-state index < -0.39 is 0 Å². The van der Waals surface area contributed by atoms with Crippen LogP contribution >= 0.6 is 0 Å². The number of rotatable bonds is 6. The lowest BCUT2D eigenvalue weighted by molar-refractivity contribution is 0.102. The maximum Gasteiger partial charge on any atom is 0.256 e. The number of carbonyl (C=O) groups excluding carboxylic acids is 1. The molecule has 5 rings (SSSR count). The predicted octanol–water partition coefficient (Wildman–Crippen LogP) is 5.94. The molecular formula is C26H22N4O3. The molecule has 0 fully saturated rings. The van der Waals surface area contributed by atoms with E-state index in [9.17, 15) is 4.79 Å². The van der Waals surface area contributed by atoms with E-state index in [1.54, 1.807) is 12.3 Å². The number of carbonyl (C=O) groups is 1. The SMILES string of the molecule is CC(C)Oc1cccc(NC(=O)c2cccc3cc(Oc4ncnc5[nH]ccc45)ccc23)c1. The molecular weight excluding hydrogens is 416 g/mol. The number of ether oxygens (including phenoxy) is 2. The summed E-state index contributed by atoms with van der Waals surface area (Å²) < 4.78 is 11.7. The van der Waals surface area contributed by atoms with Crippen molar-refractivity contribution in [3.63, 3.8) is 0 Å². The van der Waals surface area contributed by atoms with Gasteiger partial charge in [0.25, 0.3) is 5.91 Å². The van der Waals surface area contributed by atoms with Gasteiger partial charge >= 0.3 is 0 Å². The number of amides is 1. The zero-order valence-electron chi connectivity index (χ0n) is 18.2. The van der Waals surface area contributed by atoms with Crippen LogP contribution < -0.4 is 14.8 Å². The van der Waals surface area contributed by atoms with Crippen LogP contribution in [0.25, 0.3) is 21.8 Å². The quantitative estimate of drug-likeness (QED) is 0.342. The molecule has 0 saturated carbocycles. The molecule has 1 amide bonds. The molecule has 0 bridgehead atoms. The molecule has 7 nitrogen and oxygen atoms in total. The molecule has 0 atom stereocenters. The first-order valence-electron chi connectivity index (χ1n) is 10.6. The average Bonchev–Trinajstić information content (AvgIpc) is 3.28. The summed E-state index contributed by atoms with van der Waals surface area (Å²) in [5.74, 6) is 1.61. The first-order valence-corrected chi connectivity index (χ1v) is 10.6. The van der Waals surface area contributed by atoms with Crippen molar-refractivity contribution in [2.45, 2.75) is 20.0 Å². The number of nitrogens with one attached hydrogen (secondary N) is 2. The lowest BCUT2D eigenvalue weighted by Gasteiger charge is -2.12. The fraction of sp³-hybridized carbons (Fsp3) is 0.115. The second kappa shape index (κ2) is 8.63. The maximum absolute atomic E-state index is 13.1. The third-order valence-corrected chi connectivity index (χ3v) is 5.09. The van der Waals surface area contributed by atoms with Gasteiger partial charge in [-0.3, -0.25) is 4.79 Å². The summed E-state index contributed by atoms with van der Waals surface area (Å²) in [6, 6.07) is 20.5. The summed E-state index contributed by atoms with van der Waals surface area (Å²) in [6.45, 7) is 3.93. The molecule has 7 heteroatoms. The van der Waals surface area contributed by atoms with Gasteiger partial charge in [-0.15, -0.1) is 0 Å². The highest BCUT2D eigenvalue weighted by molar-refractivity contribution is 6.13. The van der Waals surface area contributed by atoms with Crippen LogP contribution in [0.4, 0.5) is 5.69 Å². The normalized spacial score (nSPS) is 11.1. The Kier molecular flexibility index (Phi) is 5.36. The van der Waals surface area contributed by atoms with E-state index in [4.69, 9.17) is 9.47 Å². The van der Waals surface area contributed by atoms with E-state index in [1.807, 2.05) is 74.5 Å². The Morgan fingerprint density at radius 3 is 2.70 bits per heavy atom. The van der Waals surface area contributed by atoms with Crippen LogP contribution in [-0.2, 0) is 0 Å². The Hall–Kier alpha value is -4.39. The molecule has 2 aromatic heterocycles. The largest absolute Gasteiger partial charge is 0.491 e. The molecule has 0 saturated heterocycles. The zero-order chi connectivity index (χ0) is 22.8. The van der Waals surface area contributed by atoms with E-state index in [0.717, 1.165) is 16.2 Å². The highest BCUT2D eigenvalue weighted by Gasteiger charge is 2.13. The number of hydrogen-bond donors (Lipinski definition) is 2. The Bertz CT molecular complexity index is 1460. The standard InChI is InChI=1S/C26H22N4O3/c1-16(2)32-19-7-4-6-18(14-19)30-25(31)22-8-3-5-17-13-20(9-10-21(17)22)33-26-23-11-12-27-24(23)28-15-29-26/h3-16H,1-2H3,(H,30,31)(H,27,28,29). The van der Waals surface area contributed by atoms with Gasteiger partial charge < -0.3 is 19.8 Å². The fourth-order valence-corrected chi connectivity index (χ4v) is 3.68. The van der Waals surface area contributed by atoms with Crippen LogP contribution in [-0.4, -0.2) is 27.0 Å². The molecule has 0 unspecified atom stereocenters. The molecule has 2 N–H and O–H groups in total. The minimum atomic E-state index is -0.194. The Labute approximate surface area is 190 Å². The molecule has 2 heterocycles. The number of benzene rings is 3. The molecule has 0 aliphatic heterocycles. The summed E-state index contributed by atoms with van der Waals surface area (Å²) in [7, 11) is 0. The molecule has 3 aromatic carbocycles. The third kappa shape index (κ3) is 4.34. The summed E-state index contributed by atoms with van der Waals surface area (Å²) in [5.41, 5.74) is 1.96. The van der Waals surface area contributed by atoms with Gasteiger partial charge in [0.05, 0.1) is 11.5 Å². The van der Waals surface area contributed by atoms with Crippen LogP contribution in [0.5, 0.6) is 17.4 Å². The number of H-pyrrole nitrogens is 1. The number of aromatic amines is 1. The first-order chi connectivity index (χ1) is 16.1. The van der Waals surface area contributed by atoms with E-state index in [2.05, 4.69) is 20.3 Å². The van der Waals surface area contributed by atoms with Crippen molar-refractivity contribution in [1.82, 2.24) is 15.0 Å². The van der Waals surface area contributed by atoms with Crippen molar-refractivity contribution in [2.24, 2.45) is 0 Å². The lowest BCUT2D eigenvalue weighted by atomic mass is 10.0. The van der Waals surface area contributed by atoms with Crippen LogP contribution in [0.1, 0.15) is 24.2 Å². The van der Waals surface area contributed by atoms with Gasteiger partial charge in [0.2, 0.25) is 5.88 Å². The number of hydrogen-bond acceptors (Lipinski definition) is 5. The van der Waals surface area contributed by atoms with Crippen LogP contribution in [0.2, 0.25) is 0 Å². The number of anilines is 1. The third-order valence-electron chi connectivity index (χ3n) is 5.09. The van der Waals surface area contributed by atoms with Crippen molar-refractivity contribution in [3.8, 4) is 17.4 Å². The van der Waals surface area contributed by atoms with Crippen molar-refractivity contribution in [2.75, 3.05) is 5.32 Å². The maximum atomic E-state index is 13.1. The minimum absolute atomic E-state index is 0.0566. The van der Waals surface area contributed by atoms with Gasteiger partial charge in [-0.05, 0) is 67.1 Å². The Balaban J connectivity index is 1.41. The van der Waals surface area contributed by atoms with Crippen LogP contribution in [0.15, 0.2) is 79.3 Å². The summed E-state index contributed by atoms with van der Waals surface area (Å²) >= 11 is 0. The van der Waals surface area contributed by atoms with Gasteiger partial charge in [0, 0.05) is 23.5 Å². The predicted molar refractivity (Wildman–Crippen MR) is 128 cm³/mol. The highest BCUT2D eigenvalue weighted by atomic mass is 16.5. The number of nitrogens with zero attached hydrogens (tertiary/aromatic N) is 2. The van der Waals surface area contributed by atoms with E-state index in [-0.39, 0.29) is 12.0 Å². The van der Waals surface area contributed by atoms with Gasteiger partial charge in [-0.25, -0.2) is 9.97 Å². The first kappa shape index (κ1) is 20.5. The van der Waals surface area contributed by atoms with Crippen molar-refractivity contribution in [1.29, 1.82) is 0 Å². The van der Waals surface area contributed by atoms with E-state index in [1.165, 1.54) is 6.33 Å². The summed E-state index contributed by atoms with van der Waals surface area (Å²) in [5, 5.41) is 5.48. The second-order valence-electron chi connectivity index (χ2n) is 7.86. The van der Waals surface area contributed by atoms with E-state index in [0.29, 0.717) is 34.3 Å². The molecule has 0 radical (unpaired) electrons. The molecule has 0 spiro atoms. The van der Waals surface area contributed by atoms with Gasteiger partial charge in [-0.2, -0.15) is 0 Å².